The number of ether oxygens (including phenoxy) is 1. The number of rotatable bonds is 17. The topological polar surface area (TPSA) is 112 Å². The van der Waals surface area contributed by atoms with Gasteiger partial charge in [0.2, 0.25) is 10.0 Å². The van der Waals surface area contributed by atoms with Crippen LogP contribution in [0.5, 0.6) is 0 Å². The zero-order valence-corrected chi connectivity index (χ0v) is 34.8. The van der Waals surface area contributed by atoms with Gasteiger partial charge >= 0.3 is 12.1 Å². The number of hydrogen-bond acceptors (Lipinski definition) is 6. The van der Waals surface area contributed by atoms with Crippen molar-refractivity contribution in [2.45, 2.75) is 61.9 Å². The van der Waals surface area contributed by atoms with E-state index in [1.807, 2.05) is 66.7 Å². The zero-order valence-electron chi connectivity index (χ0n) is 32.5. The van der Waals surface area contributed by atoms with Crippen LogP contribution in [-0.4, -0.2) is 46.3 Å². The van der Waals surface area contributed by atoms with Crippen molar-refractivity contribution in [3.8, 4) is 0 Å². The second-order valence-corrected chi connectivity index (χ2v) is 18.7. The summed E-state index contributed by atoms with van der Waals surface area (Å²) in [5, 5.41) is -0.436. The molecule has 0 bridgehead atoms. The van der Waals surface area contributed by atoms with Crippen molar-refractivity contribution in [3.05, 3.63) is 171 Å². The van der Waals surface area contributed by atoms with Gasteiger partial charge in [0.1, 0.15) is 0 Å². The number of sulfone groups is 1. The fraction of sp³-hybridized carbons (Fsp3) is 0.267. The number of esters is 1. The number of aromatic nitrogens is 1. The predicted octanol–water partition coefficient (Wildman–Crippen LogP) is 9.69. The summed E-state index contributed by atoms with van der Waals surface area (Å²) in [4.78, 5) is 12.0. The lowest BCUT2D eigenvalue weighted by atomic mass is 9.97. The molecule has 59 heavy (non-hydrogen) atoms. The van der Waals surface area contributed by atoms with E-state index in [0.717, 1.165) is 34.3 Å². The molecular formula is C45H44ClF3N2O6S2. The van der Waals surface area contributed by atoms with Crippen LogP contribution in [0, 0.1) is 0 Å². The van der Waals surface area contributed by atoms with Gasteiger partial charge in [-0.1, -0.05) is 103 Å². The van der Waals surface area contributed by atoms with E-state index in [0.29, 0.717) is 28.1 Å². The van der Waals surface area contributed by atoms with Crippen LogP contribution < -0.4 is 4.72 Å². The van der Waals surface area contributed by atoms with Gasteiger partial charge < -0.3 is 9.30 Å². The Hall–Kier alpha value is -4.95. The van der Waals surface area contributed by atoms with Crippen LogP contribution in [-0.2, 0) is 54.8 Å². The largest absolute Gasteiger partial charge is 0.466 e. The molecule has 1 heterocycles. The molecule has 1 aromatic heterocycles. The Morgan fingerprint density at radius 1 is 0.797 bits per heavy atom. The Balaban J connectivity index is 1.40. The molecule has 0 fully saturated rings. The normalized spacial score (nSPS) is 12.9. The van der Waals surface area contributed by atoms with Crippen LogP contribution in [0.1, 0.15) is 70.6 Å². The van der Waals surface area contributed by atoms with Gasteiger partial charge in [-0.15, -0.1) is 0 Å². The fourth-order valence-corrected chi connectivity index (χ4v) is 10.0. The third-order valence-corrected chi connectivity index (χ3v) is 14.1. The standard InChI is InChI=1S/C45H44ClF3N2O6S2/c1-3-57-43(52)25-20-32-18-22-36(23-19-32)58(53,54)29-27-38-39-30-35(46)21-24-41(39)51(44(33-12-6-4-7-13-33)34-14-8-5-9-15-34)42(38)26-28-50-59(55,56)31(2)37-16-10-11-17-40(37)45(47,48)49/h4-19,21-24,30-31,44,50H,3,20,25-29H2,1-2H3. The highest BCUT2D eigenvalue weighted by Crippen LogP contribution is 2.39. The highest BCUT2D eigenvalue weighted by molar-refractivity contribution is 7.91. The summed E-state index contributed by atoms with van der Waals surface area (Å²) >= 11 is 6.60. The number of nitrogens with zero attached hydrogens (tertiary/aromatic N) is 1. The molecule has 1 N–H and O–H groups in total. The van der Waals surface area contributed by atoms with E-state index < -0.39 is 42.9 Å². The van der Waals surface area contributed by atoms with Gasteiger partial charge in [0.05, 0.1) is 34.1 Å². The number of aryl methyl sites for hydroxylation is 2. The molecule has 0 aliphatic carbocycles. The molecule has 6 rings (SSSR count). The molecule has 1 atom stereocenters. The fourth-order valence-electron chi connectivity index (χ4n) is 7.42. The Labute approximate surface area is 348 Å². The third kappa shape index (κ3) is 10.3. The third-order valence-electron chi connectivity index (χ3n) is 10.3. The molecular weight excluding hydrogens is 821 g/mol. The maximum absolute atomic E-state index is 13.9. The molecule has 0 saturated carbocycles. The summed E-state index contributed by atoms with van der Waals surface area (Å²) in [5.41, 5.74) is 3.21. The van der Waals surface area contributed by atoms with Crippen molar-refractivity contribution in [3.63, 3.8) is 0 Å². The van der Waals surface area contributed by atoms with Gasteiger partial charge in [-0.2, -0.15) is 13.2 Å². The SMILES string of the molecule is CCOC(=O)CCc1ccc(S(=O)(=O)CCc2c(CCNS(=O)(=O)C(C)c3ccccc3C(F)(F)F)n(C(c3ccccc3)c3ccccc3)c3ccc(Cl)cc23)cc1. The van der Waals surface area contributed by atoms with Crippen molar-refractivity contribution in [2.24, 2.45) is 0 Å². The highest BCUT2D eigenvalue weighted by atomic mass is 35.5. The van der Waals surface area contributed by atoms with Crippen LogP contribution in [0.3, 0.4) is 0 Å². The van der Waals surface area contributed by atoms with Crippen molar-refractivity contribution in [2.75, 3.05) is 18.9 Å². The number of carbonyl (C=O) groups is 1. The second-order valence-electron chi connectivity index (χ2n) is 14.1. The minimum Gasteiger partial charge on any atom is -0.466 e. The number of nitrogens with one attached hydrogen (secondary N) is 1. The Bertz CT molecular complexity index is 2580. The maximum atomic E-state index is 13.9. The second kappa shape index (κ2) is 18.5. The lowest BCUT2D eigenvalue weighted by molar-refractivity contribution is -0.143. The number of hydrogen-bond donors (Lipinski definition) is 1. The number of alkyl halides is 3. The molecule has 8 nitrogen and oxygen atoms in total. The number of benzene rings is 5. The molecule has 0 aliphatic heterocycles. The van der Waals surface area contributed by atoms with Gasteiger partial charge in [0.15, 0.2) is 9.84 Å². The lowest BCUT2D eigenvalue weighted by Gasteiger charge is -2.25. The highest BCUT2D eigenvalue weighted by Gasteiger charge is 2.37. The molecule has 0 amide bonds. The van der Waals surface area contributed by atoms with Crippen molar-refractivity contribution in [1.29, 1.82) is 0 Å². The first-order valence-electron chi connectivity index (χ1n) is 19.1. The minimum atomic E-state index is -4.76. The first kappa shape index (κ1) is 43.6. The Morgan fingerprint density at radius 2 is 1.41 bits per heavy atom. The lowest BCUT2D eigenvalue weighted by Crippen LogP contribution is -2.31. The van der Waals surface area contributed by atoms with E-state index in [1.165, 1.54) is 31.2 Å². The van der Waals surface area contributed by atoms with E-state index in [1.54, 1.807) is 31.2 Å². The summed E-state index contributed by atoms with van der Waals surface area (Å²) < 4.78 is 107. The van der Waals surface area contributed by atoms with E-state index in [-0.39, 0.29) is 54.6 Å². The average molecular weight is 865 g/mol. The Kier molecular flexibility index (Phi) is 13.7. The summed E-state index contributed by atoms with van der Waals surface area (Å²) in [7, 11) is -8.21. The number of fused-ring (bicyclic) bond motifs is 1. The van der Waals surface area contributed by atoms with E-state index in [2.05, 4.69) is 9.29 Å². The van der Waals surface area contributed by atoms with Crippen molar-refractivity contribution < 1.29 is 39.5 Å². The molecule has 310 valence electrons. The molecule has 14 heteroatoms. The minimum absolute atomic E-state index is 0.0323. The number of halogens is 4. The van der Waals surface area contributed by atoms with E-state index in [9.17, 15) is 34.8 Å². The van der Waals surface area contributed by atoms with Gasteiger partial charge in [0, 0.05) is 41.0 Å². The monoisotopic (exact) mass is 864 g/mol. The summed E-state index contributed by atoms with van der Waals surface area (Å²) in [6, 6.07) is 35.3. The Morgan fingerprint density at radius 3 is 2.02 bits per heavy atom. The van der Waals surface area contributed by atoms with Gasteiger partial charge in [-0.05, 0) is 90.9 Å². The smallest absolute Gasteiger partial charge is 0.416 e. The molecule has 1 unspecified atom stereocenters. The molecule has 0 aliphatic rings. The van der Waals surface area contributed by atoms with Crippen LogP contribution in [0.2, 0.25) is 5.02 Å². The van der Waals surface area contributed by atoms with Gasteiger partial charge in [0.25, 0.3) is 0 Å². The van der Waals surface area contributed by atoms with E-state index in [4.69, 9.17) is 16.3 Å². The first-order chi connectivity index (χ1) is 28.1. The van der Waals surface area contributed by atoms with Crippen LogP contribution in [0.25, 0.3) is 10.9 Å². The molecule has 0 radical (unpaired) electrons. The van der Waals surface area contributed by atoms with Crippen LogP contribution >= 0.6 is 11.6 Å². The summed E-state index contributed by atoms with van der Waals surface area (Å²) in [6.45, 7) is 3.02. The molecule has 5 aromatic carbocycles. The average Bonchev–Trinajstić information content (AvgIpc) is 3.51. The molecule has 0 saturated heterocycles. The van der Waals surface area contributed by atoms with E-state index >= 15 is 0 Å². The van der Waals surface area contributed by atoms with Crippen LogP contribution in [0.4, 0.5) is 13.2 Å². The van der Waals surface area contributed by atoms with Crippen LogP contribution in [0.15, 0.2) is 132 Å². The quantitative estimate of drug-likeness (QED) is 0.0915. The number of sulfonamides is 1. The number of carbonyl (C=O) groups excluding carboxylic acids is 1. The zero-order chi connectivity index (χ0) is 42.4. The first-order valence-corrected chi connectivity index (χ1v) is 22.7. The molecule has 6 aromatic rings. The summed E-state index contributed by atoms with van der Waals surface area (Å²) in [6.07, 6.45) is -4.11. The predicted molar refractivity (Wildman–Crippen MR) is 225 cm³/mol. The van der Waals surface area contributed by atoms with Crippen molar-refractivity contribution in [1.82, 2.24) is 9.29 Å². The van der Waals surface area contributed by atoms with Gasteiger partial charge in [-0.25, -0.2) is 21.6 Å². The van der Waals surface area contributed by atoms with Gasteiger partial charge in [-0.3, -0.25) is 4.79 Å². The summed E-state index contributed by atoms with van der Waals surface area (Å²) in [5.74, 6) is -0.637. The molecule has 0 spiro atoms. The maximum Gasteiger partial charge on any atom is 0.416 e. The van der Waals surface area contributed by atoms with Crippen molar-refractivity contribution >= 4 is 48.3 Å².